The number of hydrogen-bond acceptors (Lipinski definition) is 3. The smallest absolute Gasteiger partial charge is 0.187 e. The molecule has 1 aliphatic rings. The van der Waals surface area contributed by atoms with Gasteiger partial charge in [-0.15, -0.1) is 0 Å². The summed E-state index contributed by atoms with van der Waals surface area (Å²) in [7, 11) is 0. The van der Waals surface area contributed by atoms with E-state index < -0.39 is 12.4 Å². The van der Waals surface area contributed by atoms with E-state index in [2.05, 4.69) is 12.1 Å². The fraction of sp³-hybridized carbons (Fsp3) is 0.625. The third kappa shape index (κ3) is 3.56. The number of aliphatic hydroxyl groups excluding tert-OH is 1. The first-order valence-electron chi connectivity index (χ1n) is 7.27. The highest BCUT2D eigenvalue weighted by Crippen LogP contribution is 2.37. The molecule has 1 atom stereocenters. The average molecular weight is 264 g/mol. The Morgan fingerprint density at radius 1 is 1.21 bits per heavy atom. The van der Waals surface area contributed by atoms with Crippen LogP contribution in [-0.4, -0.2) is 24.6 Å². The second kappa shape index (κ2) is 7.04. The molecule has 0 radical (unpaired) electrons. The normalized spacial score (nSPS) is 17.5. The van der Waals surface area contributed by atoms with Crippen LogP contribution in [0.4, 0.5) is 0 Å². The molecule has 19 heavy (non-hydrogen) atoms. The van der Waals surface area contributed by atoms with Gasteiger partial charge in [-0.2, -0.15) is 0 Å². The Morgan fingerprint density at radius 2 is 1.89 bits per heavy atom. The summed E-state index contributed by atoms with van der Waals surface area (Å²) >= 11 is 0. The van der Waals surface area contributed by atoms with Gasteiger partial charge in [0.15, 0.2) is 6.29 Å². The fourth-order valence-electron chi connectivity index (χ4n) is 2.45. The Balaban J connectivity index is 2.09. The van der Waals surface area contributed by atoms with E-state index in [1.807, 2.05) is 26.0 Å². The maximum atomic E-state index is 10.4. The van der Waals surface area contributed by atoms with Gasteiger partial charge in [0.1, 0.15) is 6.10 Å². The van der Waals surface area contributed by atoms with Crippen LogP contribution in [-0.2, 0) is 9.47 Å². The molecule has 0 spiro atoms. The molecule has 1 N–H and O–H groups in total. The van der Waals surface area contributed by atoms with E-state index in [0.717, 1.165) is 5.56 Å². The van der Waals surface area contributed by atoms with E-state index in [4.69, 9.17) is 9.47 Å². The van der Waals surface area contributed by atoms with Gasteiger partial charge in [0, 0.05) is 13.2 Å². The van der Waals surface area contributed by atoms with Crippen LogP contribution in [0.15, 0.2) is 24.3 Å². The molecule has 0 amide bonds. The van der Waals surface area contributed by atoms with Crippen molar-refractivity contribution >= 4 is 0 Å². The van der Waals surface area contributed by atoms with Crippen LogP contribution in [0.1, 0.15) is 56.3 Å². The molecule has 106 valence electrons. The molecule has 3 nitrogen and oxygen atoms in total. The lowest BCUT2D eigenvalue weighted by atomic mass is 9.79. The number of benzene rings is 1. The quantitative estimate of drug-likeness (QED) is 0.767. The standard InChI is InChI=1S/C16H24O3/c1-3-18-16(19-4-2)15(17)14-10-6-9-13(11-14)12-7-5-8-12/h6,9-12,15-17H,3-5,7-8H2,1-2H3. The highest BCUT2D eigenvalue weighted by atomic mass is 16.7. The van der Waals surface area contributed by atoms with Gasteiger partial charge in [-0.1, -0.05) is 30.7 Å². The molecule has 1 saturated carbocycles. The van der Waals surface area contributed by atoms with Gasteiger partial charge in [-0.3, -0.25) is 0 Å². The summed E-state index contributed by atoms with van der Waals surface area (Å²) < 4.78 is 10.9. The molecule has 0 aromatic heterocycles. The van der Waals surface area contributed by atoms with Crippen LogP contribution in [0.3, 0.4) is 0 Å². The van der Waals surface area contributed by atoms with E-state index in [0.29, 0.717) is 19.1 Å². The summed E-state index contributed by atoms with van der Waals surface area (Å²) in [4.78, 5) is 0. The summed E-state index contributed by atoms with van der Waals surface area (Å²) in [5.41, 5.74) is 2.21. The second-order valence-electron chi connectivity index (χ2n) is 5.02. The summed E-state index contributed by atoms with van der Waals surface area (Å²) in [6.45, 7) is 4.88. The van der Waals surface area contributed by atoms with E-state index in [1.54, 1.807) is 0 Å². The van der Waals surface area contributed by atoms with Gasteiger partial charge in [0.2, 0.25) is 0 Å². The molecule has 0 heterocycles. The van der Waals surface area contributed by atoms with Crippen LogP contribution in [0.25, 0.3) is 0 Å². The Hall–Kier alpha value is -0.900. The Morgan fingerprint density at radius 3 is 2.42 bits per heavy atom. The molecule has 1 aromatic rings. The average Bonchev–Trinajstić information content (AvgIpc) is 2.36. The Bertz CT molecular complexity index is 381. The van der Waals surface area contributed by atoms with Crippen molar-refractivity contribution in [3.63, 3.8) is 0 Å². The first-order chi connectivity index (χ1) is 9.26. The largest absolute Gasteiger partial charge is 0.383 e. The van der Waals surface area contributed by atoms with Crippen molar-refractivity contribution in [2.24, 2.45) is 0 Å². The molecule has 1 unspecified atom stereocenters. The lowest BCUT2D eigenvalue weighted by molar-refractivity contribution is -0.191. The molecule has 1 aromatic carbocycles. The minimum atomic E-state index is -0.722. The number of hydrogen-bond donors (Lipinski definition) is 1. The molecular formula is C16H24O3. The maximum Gasteiger partial charge on any atom is 0.187 e. The van der Waals surface area contributed by atoms with Crippen molar-refractivity contribution in [1.29, 1.82) is 0 Å². The van der Waals surface area contributed by atoms with Crippen molar-refractivity contribution in [1.82, 2.24) is 0 Å². The van der Waals surface area contributed by atoms with Gasteiger partial charge in [-0.05, 0) is 43.7 Å². The van der Waals surface area contributed by atoms with Crippen LogP contribution in [0, 0.1) is 0 Å². The first-order valence-corrected chi connectivity index (χ1v) is 7.27. The molecule has 0 saturated heterocycles. The Labute approximate surface area is 115 Å². The fourth-order valence-corrected chi connectivity index (χ4v) is 2.45. The molecule has 0 bridgehead atoms. The van der Waals surface area contributed by atoms with Crippen LogP contribution in [0.5, 0.6) is 0 Å². The highest BCUT2D eigenvalue weighted by molar-refractivity contribution is 5.29. The molecule has 1 fully saturated rings. The predicted molar refractivity (Wildman–Crippen MR) is 75.0 cm³/mol. The highest BCUT2D eigenvalue weighted by Gasteiger charge is 2.24. The van der Waals surface area contributed by atoms with Crippen molar-refractivity contribution in [2.75, 3.05) is 13.2 Å². The van der Waals surface area contributed by atoms with Crippen molar-refractivity contribution in [2.45, 2.75) is 51.4 Å². The van der Waals surface area contributed by atoms with Gasteiger partial charge < -0.3 is 14.6 Å². The number of ether oxygens (including phenoxy) is 2. The van der Waals surface area contributed by atoms with Crippen molar-refractivity contribution in [3.8, 4) is 0 Å². The van der Waals surface area contributed by atoms with Gasteiger partial charge >= 0.3 is 0 Å². The first kappa shape index (κ1) is 14.5. The summed E-state index contributed by atoms with van der Waals surface area (Å²) in [6.07, 6.45) is 2.55. The number of aliphatic hydroxyl groups is 1. The van der Waals surface area contributed by atoms with Gasteiger partial charge in [0.25, 0.3) is 0 Å². The zero-order valence-corrected chi connectivity index (χ0v) is 11.8. The predicted octanol–water partition coefficient (Wildman–Crippen LogP) is 3.39. The van der Waals surface area contributed by atoms with Gasteiger partial charge in [0.05, 0.1) is 0 Å². The zero-order valence-electron chi connectivity index (χ0n) is 11.8. The van der Waals surface area contributed by atoms with E-state index in [9.17, 15) is 5.11 Å². The van der Waals surface area contributed by atoms with Crippen LogP contribution >= 0.6 is 0 Å². The van der Waals surface area contributed by atoms with E-state index >= 15 is 0 Å². The minimum Gasteiger partial charge on any atom is -0.383 e. The molecule has 0 aliphatic heterocycles. The maximum absolute atomic E-state index is 10.4. The molecule has 1 aliphatic carbocycles. The van der Waals surface area contributed by atoms with Crippen LogP contribution in [0.2, 0.25) is 0 Å². The Kier molecular flexibility index (Phi) is 5.37. The molecule has 3 heteroatoms. The second-order valence-corrected chi connectivity index (χ2v) is 5.02. The van der Waals surface area contributed by atoms with Crippen molar-refractivity contribution < 1.29 is 14.6 Å². The monoisotopic (exact) mass is 264 g/mol. The SMILES string of the molecule is CCOC(OCC)C(O)c1cccc(C2CCC2)c1. The summed E-state index contributed by atoms with van der Waals surface area (Å²) in [5.74, 6) is 0.671. The summed E-state index contributed by atoms with van der Waals surface area (Å²) in [5, 5.41) is 10.4. The van der Waals surface area contributed by atoms with Crippen molar-refractivity contribution in [3.05, 3.63) is 35.4 Å². The topological polar surface area (TPSA) is 38.7 Å². The van der Waals surface area contributed by atoms with Gasteiger partial charge in [-0.25, -0.2) is 0 Å². The van der Waals surface area contributed by atoms with E-state index in [-0.39, 0.29) is 0 Å². The van der Waals surface area contributed by atoms with E-state index in [1.165, 1.54) is 24.8 Å². The van der Waals surface area contributed by atoms with Crippen LogP contribution < -0.4 is 0 Å². The third-order valence-corrected chi connectivity index (χ3v) is 3.75. The third-order valence-electron chi connectivity index (χ3n) is 3.75. The summed E-state index contributed by atoms with van der Waals surface area (Å²) in [6, 6.07) is 8.20. The number of rotatable bonds is 7. The molecule has 2 rings (SSSR count). The lowest BCUT2D eigenvalue weighted by Crippen LogP contribution is -2.26. The minimum absolute atomic E-state index is 0.532. The molecular weight excluding hydrogens is 240 g/mol. The zero-order chi connectivity index (χ0) is 13.7. The lowest BCUT2D eigenvalue weighted by Gasteiger charge is -2.27.